The van der Waals surface area contributed by atoms with E-state index in [0.717, 1.165) is 55.6 Å². The maximum absolute atomic E-state index is 13.0. The highest BCUT2D eigenvalue weighted by atomic mass is 16.2. The molecule has 2 amide bonds. The fourth-order valence-corrected chi connectivity index (χ4v) is 4.31. The topological polar surface area (TPSA) is 40.6 Å². The van der Waals surface area contributed by atoms with Gasteiger partial charge in [-0.3, -0.25) is 9.59 Å². The number of carbonyl (C=O) groups is 2. The summed E-state index contributed by atoms with van der Waals surface area (Å²) < 4.78 is 0. The second kappa shape index (κ2) is 9.73. The van der Waals surface area contributed by atoms with Crippen molar-refractivity contribution < 1.29 is 9.59 Å². The molecule has 154 valence electrons. The molecule has 0 radical (unpaired) electrons. The number of likely N-dealkylation sites (tertiary alicyclic amines) is 1. The van der Waals surface area contributed by atoms with Crippen molar-refractivity contribution in [3.05, 3.63) is 65.2 Å². The van der Waals surface area contributed by atoms with Gasteiger partial charge in [0.25, 0.3) is 0 Å². The predicted octanol–water partition coefficient (Wildman–Crippen LogP) is 4.39. The highest BCUT2D eigenvalue weighted by Gasteiger charge is 2.26. The van der Waals surface area contributed by atoms with Crippen LogP contribution in [-0.2, 0) is 22.4 Å². The van der Waals surface area contributed by atoms with Gasteiger partial charge in [0, 0.05) is 20.0 Å². The van der Waals surface area contributed by atoms with Crippen LogP contribution in [0.5, 0.6) is 0 Å². The van der Waals surface area contributed by atoms with Crippen LogP contribution in [0, 0.1) is 12.8 Å². The Morgan fingerprint density at radius 2 is 1.72 bits per heavy atom. The molecule has 1 heterocycles. The number of nitrogens with zero attached hydrogens (tertiary/aromatic N) is 2. The number of piperidine rings is 1. The monoisotopic (exact) mass is 392 g/mol. The normalized spacial score (nSPS) is 14.7. The first kappa shape index (κ1) is 21.1. The molecule has 0 bridgehead atoms. The molecule has 2 aromatic carbocycles. The van der Waals surface area contributed by atoms with Gasteiger partial charge in [-0.1, -0.05) is 55.5 Å². The average Bonchev–Trinajstić information content (AvgIpc) is 2.73. The van der Waals surface area contributed by atoms with Crippen molar-refractivity contribution in [2.45, 2.75) is 46.5 Å². The molecule has 0 spiro atoms. The van der Waals surface area contributed by atoms with E-state index in [4.69, 9.17) is 0 Å². The molecule has 4 heteroatoms. The summed E-state index contributed by atoms with van der Waals surface area (Å²) in [5, 5.41) is 0. The van der Waals surface area contributed by atoms with E-state index < -0.39 is 0 Å². The molecule has 0 aliphatic carbocycles. The Labute approximate surface area is 174 Å². The summed E-state index contributed by atoms with van der Waals surface area (Å²) in [7, 11) is 0. The maximum atomic E-state index is 13.0. The van der Waals surface area contributed by atoms with Gasteiger partial charge in [0.15, 0.2) is 0 Å². The van der Waals surface area contributed by atoms with Crippen molar-refractivity contribution in [2.75, 3.05) is 24.5 Å². The van der Waals surface area contributed by atoms with Crippen molar-refractivity contribution in [3.8, 4) is 0 Å². The molecule has 0 atom stereocenters. The number of anilines is 1. The maximum Gasteiger partial charge on any atom is 0.242 e. The number of benzene rings is 2. The number of amides is 2. The van der Waals surface area contributed by atoms with E-state index in [1.807, 2.05) is 36.1 Å². The molecular formula is C25H32N2O2. The lowest BCUT2D eigenvalue weighted by Gasteiger charge is -2.34. The largest absolute Gasteiger partial charge is 0.341 e. The summed E-state index contributed by atoms with van der Waals surface area (Å²) in [6.07, 6.45) is 3.95. The summed E-state index contributed by atoms with van der Waals surface area (Å²) in [4.78, 5) is 29.0. The molecule has 4 nitrogen and oxygen atoms in total. The van der Waals surface area contributed by atoms with Crippen LogP contribution in [0.1, 0.15) is 43.4 Å². The Morgan fingerprint density at radius 1 is 1.03 bits per heavy atom. The molecule has 0 N–H and O–H groups in total. The lowest BCUT2D eigenvalue weighted by molar-refractivity contribution is -0.132. The van der Waals surface area contributed by atoms with E-state index in [1.54, 1.807) is 11.8 Å². The van der Waals surface area contributed by atoms with Crippen LogP contribution in [0.15, 0.2) is 48.5 Å². The SMILES string of the molecule is CCc1cccc(C)c1N(CC(=O)N1CCC(Cc2ccccc2)CC1)C(C)=O. The summed E-state index contributed by atoms with van der Waals surface area (Å²) in [5.74, 6) is 0.582. The molecule has 1 aliphatic rings. The summed E-state index contributed by atoms with van der Waals surface area (Å²) in [6, 6.07) is 16.6. The lowest BCUT2D eigenvalue weighted by atomic mass is 9.90. The summed E-state index contributed by atoms with van der Waals surface area (Å²) in [5.41, 5.74) is 4.41. The number of hydrogen-bond donors (Lipinski definition) is 0. The van der Waals surface area contributed by atoms with E-state index >= 15 is 0 Å². The Bertz CT molecular complexity index is 839. The van der Waals surface area contributed by atoms with Crippen LogP contribution >= 0.6 is 0 Å². The minimum absolute atomic E-state index is 0.0451. The predicted molar refractivity (Wildman–Crippen MR) is 118 cm³/mol. The molecule has 1 saturated heterocycles. The van der Waals surface area contributed by atoms with Crippen LogP contribution in [0.25, 0.3) is 0 Å². The number of hydrogen-bond acceptors (Lipinski definition) is 2. The first-order valence-corrected chi connectivity index (χ1v) is 10.7. The van der Waals surface area contributed by atoms with E-state index in [9.17, 15) is 9.59 Å². The smallest absolute Gasteiger partial charge is 0.242 e. The second-order valence-electron chi connectivity index (χ2n) is 8.06. The molecule has 3 rings (SSSR count). The van der Waals surface area contributed by atoms with Crippen LogP contribution in [-0.4, -0.2) is 36.3 Å². The zero-order valence-corrected chi connectivity index (χ0v) is 17.9. The Hall–Kier alpha value is -2.62. The van der Waals surface area contributed by atoms with Gasteiger partial charge in [0.05, 0.1) is 5.69 Å². The van der Waals surface area contributed by atoms with E-state index in [1.165, 1.54) is 5.56 Å². The Kier molecular flexibility index (Phi) is 7.08. The highest BCUT2D eigenvalue weighted by molar-refractivity contribution is 5.98. The van der Waals surface area contributed by atoms with Crippen molar-refractivity contribution in [2.24, 2.45) is 5.92 Å². The first-order valence-electron chi connectivity index (χ1n) is 10.7. The molecule has 29 heavy (non-hydrogen) atoms. The van der Waals surface area contributed by atoms with Gasteiger partial charge >= 0.3 is 0 Å². The highest BCUT2D eigenvalue weighted by Crippen LogP contribution is 2.27. The third-order valence-electron chi connectivity index (χ3n) is 5.98. The number of aryl methyl sites for hydroxylation is 2. The minimum Gasteiger partial charge on any atom is -0.341 e. The summed E-state index contributed by atoms with van der Waals surface area (Å²) in [6.45, 7) is 7.30. The zero-order valence-electron chi connectivity index (χ0n) is 17.9. The number of para-hydroxylation sites is 1. The van der Waals surface area contributed by atoms with E-state index in [0.29, 0.717) is 5.92 Å². The molecule has 1 aliphatic heterocycles. The van der Waals surface area contributed by atoms with Gasteiger partial charge in [-0.05, 0) is 55.2 Å². The Balaban J connectivity index is 1.63. The van der Waals surface area contributed by atoms with Gasteiger partial charge in [-0.2, -0.15) is 0 Å². The van der Waals surface area contributed by atoms with Crippen LogP contribution < -0.4 is 4.90 Å². The quantitative estimate of drug-likeness (QED) is 0.731. The van der Waals surface area contributed by atoms with E-state index in [2.05, 4.69) is 31.2 Å². The van der Waals surface area contributed by atoms with Gasteiger partial charge in [-0.15, -0.1) is 0 Å². The minimum atomic E-state index is -0.0821. The number of rotatable bonds is 6. The van der Waals surface area contributed by atoms with Gasteiger partial charge in [-0.25, -0.2) is 0 Å². The fourth-order valence-electron chi connectivity index (χ4n) is 4.31. The molecule has 2 aromatic rings. The third kappa shape index (κ3) is 5.26. The van der Waals surface area contributed by atoms with Crippen LogP contribution in [0.3, 0.4) is 0 Å². The standard InChI is InChI=1S/C25H32N2O2/c1-4-23-12-8-9-19(2)25(23)27(20(3)28)18-24(29)26-15-13-22(14-16-26)17-21-10-6-5-7-11-21/h5-12,22H,4,13-18H2,1-3H3. The molecule has 0 unspecified atom stereocenters. The van der Waals surface area contributed by atoms with Crippen molar-refractivity contribution in [1.29, 1.82) is 0 Å². The van der Waals surface area contributed by atoms with Crippen LogP contribution in [0.2, 0.25) is 0 Å². The second-order valence-corrected chi connectivity index (χ2v) is 8.06. The fraction of sp³-hybridized carbons (Fsp3) is 0.440. The third-order valence-corrected chi connectivity index (χ3v) is 5.98. The molecule has 0 saturated carbocycles. The van der Waals surface area contributed by atoms with Crippen LogP contribution in [0.4, 0.5) is 5.69 Å². The first-order chi connectivity index (χ1) is 14.0. The molecular weight excluding hydrogens is 360 g/mol. The van der Waals surface area contributed by atoms with Gasteiger partial charge in [0.2, 0.25) is 11.8 Å². The van der Waals surface area contributed by atoms with Crippen molar-refractivity contribution in [1.82, 2.24) is 4.90 Å². The average molecular weight is 393 g/mol. The molecule has 0 aromatic heterocycles. The zero-order chi connectivity index (χ0) is 20.8. The lowest BCUT2D eigenvalue weighted by Crippen LogP contribution is -2.46. The number of carbonyl (C=O) groups excluding carboxylic acids is 2. The Morgan fingerprint density at radius 3 is 2.34 bits per heavy atom. The van der Waals surface area contributed by atoms with E-state index in [-0.39, 0.29) is 18.4 Å². The summed E-state index contributed by atoms with van der Waals surface area (Å²) >= 11 is 0. The van der Waals surface area contributed by atoms with Crippen molar-refractivity contribution in [3.63, 3.8) is 0 Å². The van der Waals surface area contributed by atoms with Gasteiger partial charge < -0.3 is 9.80 Å². The molecule has 1 fully saturated rings. The van der Waals surface area contributed by atoms with Gasteiger partial charge in [0.1, 0.15) is 6.54 Å². The van der Waals surface area contributed by atoms with Crippen molar-refractivity contribution >= 4 is 17.5 Å².